The minimum Gasteiger partial charge on any atom is -0.382 e. The first-order valence-corrected chi connectivity index (χ1v) is 7.62. The van der Waals surface area contributed by atoms with Crippen LogP contribution in [0.1, 0.15) is 33.9 Å². The van der Waals surface area contributed by atoms with Crippen molar-refractivity contribution in [2.75, 3.05) is 0 Å². The van der Waals surface area contributed by atoms with Gasteiger partial charge in [-0.05, 0) is 57.9 Å². The van der Waals surface area contributed by atoms with Crippen LogP contribution in [-0.4, -0.2) is 5.11 Å². The summed E-state index contributed by atoms with van der Waals surface area (Å²) in [6.45, 7) is 4.17. The maximum absolute atomic E-state index is 10.3. The number of thiophene rings is 2. The Morgan fingerprint density at radius 2 is 2.25 bits per heavy atom. The zero-order valence-corrected chi connectivity index (χ0v) is 12.4. The molecule has 16 heavy (non-hydrogen) atoms. The smallest absolute Gasteiger partial charge is 0.123 e. The average Bonchev–Trinajstić information content (AvgIpc) is 2.85. The Labute approximate surface area is 112 Å². The van der Waals surface area contributed by atoms with Gasteiger partial charge in [0.25, 0.3) is 0 Å². The molecule has 0 aromatic carbocycles. The molecule has 2 aromatic heterocycles. The van der Waals surface area contributed by atoms with Crippen LogP contribution >= 0.6 is 38.6 Å². The summed E-state index contributed by atoms with van der Waals surface area (Å²) in [5.74, 6) is 0. The highest BCUT2D eigenvalue weighted by atomic mass is 79.9. The number of aliphatic hydroxyl groups excluding tert-OH is 1. The molecule has 0 aliphatic heterocycles. The molecule has 2 heterocycles. The molecule has 0 radical (unpaired) electrons. The summed E-state index contributed by atoms with van der Waals surface area (Å²) in [5, 5.41) is 12.4. The lowest BCUT2D eigenvalue weighted by Crippen LogP contribution is -1.97. The van der Waals surface area contributed by atoms with E-state index >= 15 is 0 Å². The van der Waals surface area contributed by atoms with Gasteiger partial charge in [0.15, 0.2) is 0 Å². The molecular weight excluding hydrogens is 304 g/mol. The fourth-order valence-corrected chi connectivity index (χ4v) is 4.27. The number of aliphatic hydroxyl groups is 1. The van der Waals surface area contributed by atoms with Crippen LogP contribution in [0, 0.1) is 6.92 Å². The van der Waals surface area contributed by atoms with Gasteiger partial charge in [0.1, 0.15) is 6.10 Å². The molecule has 0 saturated heterocycles. The lowest BCUT2D eigenvalue weighted by Gasteiger charge is -2.08. The molecule has 1 atom stereocenters. The number of halogens is 1. The second-order valence-corrected chi connectivity index (χ2v) is 7.02. The zero-order chi connectivity index (χ0) is 11.7. The van der Waals surface area contributed by atoms with Crippen molar-refractivity contribution in [3.05, 3.63) is 42.2 Å². The summed E-state index contributed by atoms with van der Waals surface area (Å²) in [6.07, 6.45) is 0.506. The minimum absolute atomic E-state index is 0.468. The molecular formula is C12H13BrOS2. The molecule has 0 saturated carbocycles. The Morgan fingerprint density at radius 1 is 1.50 bits per heavy atom. The van der Waals surface area contributed by atoms with E-state index in [-0.39, 0.29) is 0 Å². The second-order valence-electron chi connectivity index (χ2n) is 3.67. The Bertz CT molecular complexity index is 467. The monoisotopic (exact) mass is 316 g/mol. The van der Waals surface area contributed by atoms with Gasteiger partial charge < -0.3 is 5.11 Å². The number of aryl methyl sites for hydroxylation is 2. The normalized spacial score (nSPS) is 13.0. The van der Waals surface area contributed by atoms with Crippen molar-refractivity contribution in [3.63, 3.8) is 0 Å². The molecule has 0 aliphatic carbocycles. The summed E-state index contributed by atoms with van der Waals surface area (Å²) in [5.41, 5.74) is 2.44. The van der Waals surface area contributed by atoms with Gasteiger partial charge in [-0.25, -0.2) is 0 Å². The molecule has 0 bridgehead atoms. The van der Waals surface area contributed by atoms with Crippen LogP contribution in [0.3, 0.4) is 0 Å². The fraction of sp³-hybridized carbons (Fsp3) is 0.333. The number of rotatable bonds is 3. The van der Waals surface area contributed by atoms with Gasteiger partial charge in [0.05, 0.1) is 3.79 Å². The number of hydrogen-bond acceptors (Lipinski definition) is 3. The van der Waals surface area contributed by atoms with Crippen LogP contribution in [0.4, 0.5) is 0 Å². The third-order valence-electron chi connectivity index (χ3n) is 2.56. The predicted molar refractivity (Wildman–Crippen MR) is 74.5 cm³/mol. The van der Waals surface area contributed by atoms with E-state index in [1.165, 1.54) is 11.1 Å². The molecule has 86 valence electrons. The summed E-state index contributed by atoms with van der Waals surface area (Å²) < 4.78 is 1.11. The standard InChI is InChI=1S/C12H13BrOS2/c1-3-8-4-5-15-11(8)10(14)9-6-7(2)12(13)16-9/h4-6,10,14H,3H2,1-2H3. The molecule has 0 amide bonds. The lowest BCUT2D eigenvalue weighted by molar-refractivity contribution is 0.227. The van der Waals surface area contributed by atoms with E-state index in [9.17, 15) is 5.11 Å². The average molecular weight is 317 g/mol. The van der Waals surface area contributed by atoms with Crippen molar-refractivity contribution in [2.45, 2.75) is 26.4 Å². The lowest BCUT2D eigenvalue weighted by atomic mass is 10.1. The maximum atomic E-state index is 10.3. The van der Waals surface area contributed by atoms with Crippen molar-refractivity contribution < 1.29 is 5.11 Å². The molecule has 2 rings (SSSR count). The maximum Gasteiger partial charge on any atom is 0.123 e. The van der Waals surface area contributed by atoms with Crippen LogP contribution < -0.4 is 0 Å². The van der Waals surface area contributed by atoms with Gasteiger partial charge in [-0.3, -0.25) is 0 Å². The molecule has 0 fully saturated rings. The zero-order valence-electron chi connectivity index (χ0n) is 9.16. The van der Waals surface area contributed by atoms with E-state index in [1.54, 1.807) is 22.7 Å². The van der Waals surface area contributed by atoms with Crippen LogP contribution in [0.5, 0.6) is 0 Å². The molecule has 0 spiro atoms. The molecule has 1 unspecified atom stereocenters. The van der Waals surface area contributed by atoms with E-state index in [1.807, 2.05) is 12.3 Å². The van der Waals surface area contributed by atoms with Crippen LogP contribution in [0.15, 0.2) is 21.3 Å². The highest BCUT2D eigenvalue weighted by molar-refractivity contribution is 9.11. The third-order valence-corrected chi connectivity index (χ3v) is 5.76. The fourth-order valence-electron chi connectivity index (χ4n) is 1.63. The van der Waals surface area contributed by atoms with Crippen molar-refractivity contribution in [1.29, 1.82) is 0 Å². The molecule has 1 nitrogen and oxygen atoms in total. The Balaban J connectivity index is 2.35. The highest BCUT2D eigenvalue weighted by Crippen LogP contribution is 2.37. The Hall–Kier alpha value is -0.160. The Kier molecular flexibility index (Phi) is 3.85. The van der Waals surface area contributed by atoms with E-state index in [2.05, 4.69) is 35.0 Å². The summed E-state index contributed by atoms with van der Waals surface area (Å²) >= 11 is 6.74. The van der Waals surface area contributed by atoms with Crippen molar-refractivity contribution in [2.24, 2.45) is 0 Å². The van der Waals surface area contributed by atoms with E-state index in [0.717, 1.165) is 20.0 Å². The van der Waals surface area contributed by atoms with Gasteiger partial charge >= 0.3 is 0 Å². The highest BCUT2D eigenvalue weighted by Gasteiger charge is 2.18. The van der Waals surface area contributed by atoms with Crippen molar-refractivity contribution in [3.8, 4) is 0 Å². The van der Waals surface area contributed by atoms with Crippen LogP contribution in [-0.2, 0) is 6.42 Å². The topological polar surface area (TPSA) is 20.2 Å². The first-order chi connectivity index (χ1) is 7.63. The van der Waals surface area contributed by atoms with Crippen LogP contribution in [0.2, 0.25) is 0 Å². The minimum atomic E-state index is -0.468. The largest absolute Gasteiger partial charge is 0.382 e. The third kappa shape index (κ3) is 2.25. The quantitative estimate of drug-likeness (QED) is 0.882. The summed E-state index contributed by atoms with van der Waals surface area (Å²) in [4.78, 5) is 2.10. The van der Waals surface area contributed by atoms with Crippen LogP contribution in [0.25, 0.3) is 0 Å². The van der Waals surface area contributed by atoms with Gasteiger partial charge in [-0.2, -0.15) is 0 Å². The van der Waals surface area contributed by atoms with E-state index in [4.69, 9.17) is 0 Å². The van der Waals surface area contributed by atoms with Crippen molar-refractivity contribution >= 4 is 38.6 Å². The van der Waals surface area contributed by atoms with Gasteiger partial charge in [-0.15, -0.1) is 22.7 Å². The molecule has 1 N–H and O–H groups in total. The summed E-state index contributed by atoms with van der Waals surface area (Å²) in [7, 11) is 0. The van der Waals surface area contributed by atoms with Gasteiger partial charge in [-0.1, -0.05) is 6.92 Å². The number of hydrogen-bond donors (Lipinski definition) is 1. The molecule has 4 heteroatoms. The SMILES string of the molecule is CCc1ccsc1C(O)c1cc(C)c(Br)s1. The van der Waals surface area contributed by atoms with Gasteiger partial charge in [0.2, 0.25) is 0 Å². The molecule has 0 aliphatic rings. The van der Waals surface area contributed by atoms with E-state index < -0.39 is 6.10 Å². The molecule has 2 aromatic rings. The van der Waals surface area contributed by atoms with E-state index in [0.29, 0.717) is 0 Å². The Morgan fingerprint density at radius 3 is 2.81 bits per heavy atom. The second kappa shape index (κ2) is 5.00. The summed E-state index contributed by atoms with van der Waals surface area (Å²) in [6, 6.07) is 4.15. The predicted octanol–water partition coefficient (Wildman–Crippen LogP) is 4.52. The first kappa shape index (κ1) is 12.3. The first-order valence-electron chi connectivity index (χ1n) is 5.13. The van der Waals surface area contributed by atoms with Crippen molar-refractivity contribution in [1.82, 2.24) is 0 Å². The van der Waals surface area contributed by atoms with Gasteiger partial charge in [0, 0.05) is 9.75 Å².